The highest BCUT2D eigenvalue weighted by atomic mass is 16.3. The van der Waals surface area contributed by atoms with Crippen LogP contribution in [0.2, 0.25) is 0 Å². The smallest absolute Gasteiger partial charge is 0.257 e. The van der Waals surface area contributed by atoms with Gasteiger partial charge in [0.05, 0.1) is 24.0 Å². The maximum Gasteiger partial charge on any atom is 0.257 e. The predicted octanol–water partition coefficient (Wildman–Crippen LogP) is 4.94. The molecule has 0 bridgehead atoms. The van der Waals surface area contributed by atoms with Crippen LogP contribution in [0.4, 0.5) is 0 Å². The number of nitrogens with zero attached hydrogens (tertiary/aromatic N) is 3. The zero-order valence-electron chi connectivity index (χ0n) is 18.3. The van der Waals surface area contributed by atoms with Crippen LogP contribution in [-0.2, 0) is 6.54 Å². The van der Waals surface area contributed by atoms with Crippen molar-refractivity contribution >= 4 is 16.9 Å². The van der Waals surface area contributed by atoms with Gasteiger partial charge in [-0.1, -0.05) is 37.5 Å². The van der Waals surface area contributed by atoms with Gasteiger partial charge in [0.25, 0.3) is 5.91 Å². The van der Waals surface area contributed by atoms with Crippen LogP contribution in [0, 0.1) is 0 Å². The van der Waals surface area contributed by atoms with Crippen LogP contribution in [-0.4, -0.2) is 52.1 Å². The summed E-state index contributed by atoms with van der Waals surface area (Å²) >= 11 is 0. The Hall–Kier alpha value is -2.60. The minimum atomic E-state index is 0.116. The SMILES string of the molecule is CN(C(=O)c1cn[nH]c1C1CCCN(Cc2cc3ccccc3o2)C1)C1CCCCC1. The number of piperidine rings is 1. The third-order valence-corrected chi connectivity index (χ3v) is 7.11. The number of rotatable bonds is 5. The average molecular weight is 421 g/mol. The zero-order valence-corrected chi connectivity index (χ0v) is 18.3. The molecule has 2 aromatic heterocycles. The molecule has 1 unspecified atom stereocenters. The van der Waals surface area contributed by atoms with Gasteiger partial charge in [-0.15, -0.1) is 0 Å². The van der Waals surface area contributed by atoms with Crippen molar-refractivity contribution < 1.29 is 9.21 Å². The first-order valence-electron chi connectivity index (χ1n) is 11.7. The lowest BCUT2D eigenvalue weighted by Gasteiger charge is -2.33. The third-order valence-electron chi connectivity index (χ3n) is 7.11. The summed E-state index contributed by atoms with van der Waals surface area (Å²) in [5.74, 6) is 1.41. The summed E-state index contributed by atoms with van der Waals surface area (Å²) in [6, 6.07) is 10.7. The molecule has 1 saturated carbocycles. The topological polar surface area (TPSA) is 65.4 Å². The van der Waals surface area contributed by atoms with E-state index in [-0.39, 0.29) is 5.91 Å². The maximum absolute atomic E-state index is 13.3. The Morgan fingerprint density at radius 2 is 2.03 bits per heavy atom. The van der Waals surface area contributed by atoms with Crippen LogP contribution in [0.15, 0.2) is 40.9 Å². The predicted molar refractivity (Wildman–Crippen MR) is 121 cm³/mol. The first-order chi connectivity index (χ1) is 15.2. The van der Waals surface area contributed by atoms with Crippen molar-refractivity contribution in [2.45, 2.75) is 63.5 Å². The van der Waals surface area contributed by atoms with Crippen molar-refractivity contribution in [1.29, 1.82) is 0 Å². The highest BCUT2D eigenvalue weighted by Crippen LogP contribution is 2.31. The van der Waals surface area contributed by atoms with Gasteiger partial charge in [0.15, 0.2) is 0 Å². The number of hydrogen-bond donors (Lipinski definition) is 1. The molecular formula is C25H32N4O2. The monoisotopic (exact) mass is 420 g/mol. The summed E-state index contributed by atoms with van der Waals surface area (Å²) in [6.45, 7) is 2.75. The number of aromatic nitrogens is 2. The van der Waals surface area contributed by atoms with E-state index in [1.807, 2.05) is 30.1 Å². The molecule has 3 heterocycles. The van der Waals surface area contributed by atoms with Crippen LogP contribution in [0.25, 0.3) is 11.0 Å². The van der Waals surface area contributed by atoms with Gasteiger partial charge in [0, 0.05) is 30.9 Å². The van der Waals surface area contributed by atoms with Gasteiger partial charge in [0.2, 0.25) is 0 Å². The Labute approximate surface area is 183 Å². The highest BCUT2D eigenvalue weighted by Gasteiger charge is 2.30. The van der Waals surface area contributed by atoms with E-state index in [0.29, 0.717) is 12.0 Å². The van der Waals surface area contributed by atoms with Crippen molar-refractivity contribution in [3.8, 4) is 0 Å². The molecular weight excluding hydrogens is 388 g/mol. The van der Waals surface area contributed by atoms with E-state index >= 15 is 0 Å². The number of likely N-dealkylation sites (tertiary alicyclic amines) is 1. The second-order valence-corrected chi connectivity index (χ2v) is 9.23. The first-order valence-corrected chi connectivity index (χ1v) is 11.7. The quantitative estimate of drug-likeness (QED) is 0.635. The molecule has 1 aromatic carbocycles. The Balaban J connectivity index is 1.28. The lowest BCUT2D eigenvalue weighted by molar-refractivity contribution is 0.0693. The first kappa shape index (κ1) is 20.3. The van der Waals surface area contributed by atoms with Crippen LogP contribution < -0.4 is 0 Å². The number of carbonyl (C=O) groups is 1. The molecule has 6 heteroatoms. The highest BCUT2D eigenvalue weighted by molar-refractivity contribution is 5.95. The second-order valence-electron chi connectivity index (χ2n) is 9.23. The van der Waals surface area contributed by atoms with Gasteiger partial charge in [-0.05, 0) is 44.4 Å². The maximum atomic E-state index is 13.3. The summed E-state index contributed by atoms with van der Waals surface area (Å²) in [7, 11) is 1.96. The van der Waals surface area contributed by atoms with Crippen LogP contribution in [0.5, 0.6) is 0 Å². The van der Waals surface area contributed by atoms with Crippen molar-refractivity contribution in [2.75, 3.05) is 20.1 Å². The Morgan fingerprint density at radius 3 is 2.87 bits per heavy atom. The molecule has 6 nitrogen and oxygen atoms in total. The standard InChI is InChI=1S/C25H32N4O2/c1-28(20-10-3-2-4-11-20)25(30)22-15-26-27-24(22)19-9-7-13-29(16-19)17-21-14-18-8-5-6-12-23(18)31-21/h5-6,8,12,14-15,19-20H,2-4,7,9-11,13,16-17H2,1H3,(H,26,27). The fourth-order valence-electron chi connectivity index (χ4n) is 5.37. The molecule has 2 fully saturated rings. The number of para-hydroxylation sites is 1. The van der Waals surface area contributed by atoms with Crippen LogP contribution in [0.1, 0.15) is 72.7 Å². The van der Waals surface area contributed by atoms with Crippen LogP contribution >= 0.6 is 0 Å². The summed E-state index contributed by atoms with van der Waals surface area (Å²) in [5.41, 5.74) is 2.70. The number of fused-ring (bicyclic) bond motifs is 1. The van der Waals surface area contributed by atoms with Crippen molar-refractivity contribution in [2.24, 2.45) is 0 Å². The van der Waals surface area contributed by atoms with Crippen molar-refractivity contribution in [1.82, 2.24) is 20.0 Å². The van der Waals surface area contributed by atoms with E-state index in [0.717, 1.165) is 73.3 Å². The lowest BCUT2D eigenvalue weighted by atomic mass is 9.91. The number of hydrogen-bond acceptors (Lipinski definition) is 4. The van der Waals surface area contributed by atoms with Gasteiger partial charge in [0.1, 0.15) is 11.3 Å². The number of H-pyrrole nitrogens is 1. The molecule has 1 atom stereocenters. The zero-order chi connectivity index (χ0) is 21.2. The number of aromatic amines is 1. The second kappa shape index (κ2) is 8.87. The summed E-state index contributed by atoms with van der Waals surface area (Å²) < 4.78 is 6.03. The molecule has 1 aliphatic carbocycles. The van der Waals surface area contributed by atoms with Gasteiger partial charge >= 0.3 is 0 Å². The molecule has 5 rings (SSSR count). The average Bonchev–Trinajstić information content (AvgIpc) is 3.45. The minimum Gasteiger partial charge on any atom is -0.460 e. The van der Waals surface area contributed by atoms with Gasteiger partial charge < -0.3 is 9.32 Å². The Bertz CT molecular complexity index is 1000. The molecule has 1 aliphatic heterocycles. The lowest BCUT2D eigenvalue weighted by Crippen LogP contribution is -2.39. The summed E-state index contributed by atoms with van der Waals surface area (Å²) in [4.78, 5) is 17.7. The molecule has 0 radical (unpaired) electrons. The summed E-state index contributed by atoms with van der Waals surface area (Å²) in [5, 5.41) is 8.60. The van der Waals surface area contributed by atoms with Crippen molar-refractivity contribution in [3.63, 3.8) is 0 Å². The van der Waals surface area contributed by atoms with Gasteiger partial charge in [-0.2, -0.15) is 5.10 Å². The third kappa shape index (κ3) is 4.26. The number of furan rings is 1. The normalized spacial score (nSPS) is 20.9. The molecule has 164 valence electrons. The van der Waals surface area contributed by atoms with E-state index in [1.54, 1.807) is 6.20 Å². The largest absolute Gasteiger partial charge is 0.460 e. The van der Waals surface area contributed by atoms with E-state index in [2.05, 4.69) is 27.2 Å². The molecule has 31 heavy (non-hydrogen) atoms. The van der Waals surface area contributed by atoms with Gasteiger partial charge in [-0.3, -0.25) is 14.8 Å². The molecule has 1 amide bonds. The fourth-order valence-corrected chi connectivity index (χ4v) is 5.37. The molecule has 2 aliphatic rings. The molecule has 3 aromatic rings. The van der Waals surface area contributed by atoms with E-state index in [1.165, 1.54) is 19.3 Å². The number of benzene rings is 1. The molecule has 1 N–H and O–H groups in total. The fraction of sp³-hybridized carbons (Fsp3) is 0.520. The minimum absolute atomic E-state index is 0.116. The number of amides is 1. The molecule has 0 spiro atoms. The summed E-state index contributed by atoms with van der Waals surface area (Å²) in [6.07, 6.45) is 9.88. The number of nitrogens with one attached hydrogen (secondary N) is 1. The van der Waals surface area contributed by atoms with Crippen LogP contribution in [0.3, 0.4) is 0 Å². The van der Waals surface area contributed by atoms with E-state index in [4.69, 9.17) is 4.42 Å². The Morgan fingerprint density at radius 1 is 1.19 bits per heavy atom. The Kier molecular flexibility index (Phi) is 5.81. The molecule has 1 saturated heterocycles. The van der Waals surface area contributed by atoms with Gasteiger partial charge in [-0.25, -0.2) is 0 Å². The van der Waals surface area contributed by atoms with E-state index < -0.39 is 0 Å². The van der Waals surface area contributed by atoms with Crippen molar-refractivity contribution in [3.05, 3.63) is 53.5 Å². The number of carbonyl (C=O) groups excluding carboxylic acids is 1. The van der Waals surface area contributed by atoms with E-state index in [9.17, 15) is 4.79 Å².